The summed E-state index contributed by atoms with van der Waals surface area (Å²) in [5.41, 5.74) is 0.636. The standard InChI is InChI=1S/C17H24O3.C9H12N4O3/c1-12-9-14(11-17(2,3)10-12)20-16(19)15(18)13-7-5-4-6-8-13;1-11-7-6(8(15)12(2)9(11)16)13(3-4-14)5-10-7/h4-8,12,14-15,18H,9-11H2,1-3H3;5,14H,3-4H2,1-2H3. The maximum Gasteiger partial charge on any atom is 0.339 e. The Bertz CT molecular complexity index is 1310. The number of hydrogen-bond donors (Lipinski definition) is 2. The number of aryl methyl sites for hydroxylation is 1. The van der Waals surface area contributed by atoms with Crippen molar-refractivity contribution in [1.82, 2.24) is 18.7 Å². The molecule has 36 heavy (non-hydrogen) atoms. The van der Waals surface area contributed by atoms with Crippen LogP contribution in [0.1, 0.15) is 51.7 Å². The number of fused-ring (bicyclic) bond motifs is 1. The van der Waals surface area contributed by atoms with E-state index in [9.17, 15) is 19.5 Å². The van der Waals surface area contributed by atoms with E-state index in [4.69, 9.17) is 9.84 Å². The molecule has 2 heterocycles. The number of aromatic nitrogens is 4. The molecule has 2 aromatic heterocycles. The zero-order chi connectivity index (χ0) is 26.6. The van der Waals surface area contributed by atoms with Gasteiger partial charge in [0.15, 0.2) is 17.3 Å². The number of carbonyl (C=O) groups excluding carboxylic acids is 1. The minimum Gasteiger partial charge on any atom is -0.460 e. The summed E-state index contributed by atoms with van der Waals surface area (Å²) in [5.74, 6) is 0.0107. The van der Waals surface area contributed by atoms with Gasteiger partial charge in [-0.15, -0.1) is 0 Å². The van der Waals surface area contributed by atoms with Crippen molar-refractivity contribution in [2.75, 3.05) is 6.61 Å². The molecule has 0 saturated heterocycles. The number of hydrogen-bond acceptors (Lipinski definition) is 7. The highest BCUT2D eigenvalue weighted by molar-refractivity contribution is 5.76. The Morgan fingerprint density at radius 2 is 1.83 bits per heavy atom. The van der Waals surface area contributed by atoms with Crippen LogP contribution in [0.15, 0.2) is 46.2 Å². The second kappa shape index (κ2) is 11.2. The van der Waals surface area contributed by atoms with Gasteiger partial charge in [-0.1, -0.05) is 51.1 Å². The van der Waals surface area contributed by atoms with Gasteiger partial charge in [-0.05, 0) is 36.2 Å². The molecule has 0 radical (unpaired) electrons. The number of nitrogens with zero attached hydrogens (tertiary/aromatic N) is 4. The van der Waals surface area contributed by atoms with Crippen LogP contribution >= 0.6 is 0 Å². The van der Waals surface area contributed by atoms with E-state index in [-0.39, 0.29) is 24.7 Å². The van der Waals surface area contributed by atoms with E-state index in [0.29, 0.717) is 22.6 Å². The second-order valence-corrected chi connectivity index (χ2v) is 10.3. The summed E-state index contributed by atoms with van der Waals surface area (Å²) >= 11 is 0. The number of ether oxygens (including phenoxy) is 1. The van der Waals surface area contributed by atoms with Crippen molar-refractivity contribution in [3.8, 4) is 0 Å². The molecule has 1 aliphatic rings. The molecule has 10 heteroatoms. The van der Waals surface area contributed by atoms with Crippen molar-refractivity contribution in [2.24, 2.45) is 25.4 Å². The number of aliphatic hydroxyl groups is 2. The number of carbonyl (C=O) groups is 1. The normalized spacial score (nSPS) is 19.9. The molecule has 0 bridgehead atoms. The van der Waals surface area contributed by atoms with E-state index >= 15 is 0 Å². The number of imidazole rings is 1. The zero-order valence-corrected chi connectivity index (χ0v) is 21.5. The van der Waals surface area contributed by atoms with Crippen LogP contribution in [-0.2, 0) is 30.2 Å². The predicted octanol–water partition coefficient (Wildman–Crippen LogP) is 1.90. The molecule has 2 N–H and O–H groups in total. The van der Waals surface area contributed by atoms with Crippen LogP contribution in [0.2, 0.25) is 0 Å². The highest BCUT2D eigenvalue weighted by Crippen LogP contribution is 2.40. The molecule has 0 spiro atoms. The van der Waals surface area contributed by atoms with Crippen LogP contribution in [0.25, 0.3) is 11.2 Å². The third-order valence-electron chi connectivity index (χ3n) is 6.53. The van der Waals surface area contributed by atoms with Crippen molar-refractivity contribution in [1.29, 1.82) is 0 Å². The lowest BCUT2D eigenvalue weighted by molar-refractivity contribution is -0.163. The van der Waals surface area contributed by atoms with E-state index in [1.807, 2.05) is 6.07 Å². The van der Waals surface area contributed by atoms with Gasteiger partial charge in [-0.2, -0.15) is 0 Å². The molecule has 3 unspecified atom stereocenters. The molecular weight excluding hydrogens is 464 g/mol. The van der Waals surface area contributed by atoms with Crippen LogP contribution in [0, 0.1) is 11.3 Å². The summed E-state index contributed by atoms with van der Waals surface area (Å²) in [4.78, 5) is 39.5. The number of rotatable bonds is 5. The maximum absolute atomic E-state index is 12.1. The van der Waals surface area contributed by atoms with E-state index < -0.39 is 23.3 Å². The Morgan fingerprint density at radius 3 is 2.44 bits per heavy atom. The quantitative estimate of drug-likeness (QED) is 0.512. The molecule has 1 aromatic carbocycles. The average molecular weight is 501 g/mol. The number of esters is 1. The lowest BCUT2D eigenvalue weighted by Crippen LogP contribution is -2.37. The van der Waals surface area contributed by atoms with Crippen LogP contribution in [0.4, 0.5) is 0 Å². The molecule has 1 fully saturated rings. The summed E-state index contributed by atoms with van der Waals surface area (Å²) in [6, 6.07) is 8.93. The molecule has 0 aliphatic heterocycles. The van der Waals surface area contributed by atoms with Crippen molar-refractivity contribution < 1.29 is 19.7 Å². The number of benzene rings is 1. The molecular formula is C26H36N4O6. The molecule has 4 rings (SSSR count). The summed E-state index contributed by atoms with van der Waals surface area (Å²) in [5, 5.41) is 18.9. The SMILES string of the molecule is CC1CC(OC(=O)C(O)c2ccccc2)CC(C)(C)C1.Cn1c(=O)c2c(ncn2CCO)n(C)c1=O. The Balaban J connectivity index is 0.000000205. The van der Waals surface area contributed by atoms with Crippen LogP contribution in [0.3, 0.4) is 0 Å². The molecule has 1 aliphatic carbocycles. The van der Waals surface area contributed by atoms with Gasteiger partial charge >= 0.3 is 11.7 Å². The monoisotopic (exact) mass is 500 g/mol. The minimum absolute atomic E-state index is 0.0837. The van der Waals surface area contributed by atoms with Gasteiger partial charge in [0.1, 0.15) is 6.10 Å². The Labute approximate surface area is 209 Å². The lowest BCUT2D eigenvalue weighted by atomic mass is 9.71. The third kappa shape index (κ3) is 6.11. The summed E-state index contributed by atoms with van der Waals surface area (Å²) in [6.07, 6.45) is 3.09. The average Bonchev–Trinajstić information content (AvgIpc) is 3.24. The molecule has 3 atom stereocenters. The predicted molar refractivity (Wildman–Crippen MR) is 135 cm³/mol. The molecule has 0 amide bonds. The van der Waals surface area contributed by atoms with Crippen molar-refractivity contribution in [3.05, 3.63) is 63.1 Å². The molecule has 10 nitrogen and oxygen atoms in total. The topological polar surface area (TPSA) is 129 Å². The first-order valence-electron chi connectivity index (χ1n) is 12.1. The Morgan fingerprint density at radius 1 is 1.17 bits per heavy atom. The van der Waals surface area contributed by atoms with Crippen molar-refractivity contribution >= 4 is 17.1 Å². The first kappa shape index (κ1) is 27.3. The van der Waals surface area contributed by atoms with Gasteiger partial charge in [0.25, 0.3) is 5.56 Å². The van der Waals surface area contributed by atoms with E-state index in [0.717, 1.165) is 23.8 Å². The molecule has 1 saturated carbocycles. The summed E-state index contributed by atoms with van der Waals surface area (Å²) in [7, 11) is 2.97. The Hall–Kier alpha value is -3.24. The van der Waals surface area contributed by atoms with Crippen LogP contribution in [0.5, 0.6) is 0 Å². The van der Waals surface area contributed by atoms with Crippen molar-refractivity contribution in [3.63, 3.8) is 0 Å². The highest BCUT2D eigenvalue weighted by Gasteiger charge is 2.35. The fraction of sp³-hybridized carbons (Fsp3) is 0.538. The first-order valence-corrected chi connectivity index (χ1v) is 12.1. The lowest BCUT2D eigenvalue weighted by Gasteiger charge is -2.38. The van der Waals surface area contributed by atoms with Gasteiger partial charge in [-0.3, -0.25) is 13.9 Å². The van der Waals surface area contributed by atoms with Gasteiger partial charge in [0, 0.05) is 20.6 Å². The number of aliphatic hydroxyl groups excluding tert-OH is 2. The van der Waals surface area contributed by atoms with E-state index in [1.54, 1.807) is 31.3 Å². The highest BCUT2D eigenvalue weighted by atomic mass is 16.6. The van der Waals surface area contributed by atoms with E-state index in [2.05, 4.69) is 25.8 Å². The van der Waals surface area contributed by atoms with Gasteiger partial charge in [-0.25, -0.2) is 14.6 Å². The van der Waals surface area contributed by atoms with Gasteiger partial charge < -0.3 is 19.5 Å². The Kier molecular flexibility index (Phi) is 8.52. The first-order chi connectivity index (χ1) is 16.9. The van der Waals surface area contributed by atoms with Crippen LogP contribution in [-0.4, -0.2) is 47.6 Å². The molecule has 196 valence electrons. The fourth-order valence-electron chi connectivity index (χ4n) is 5.02. The van der Waals surface area contributed by atoms with Gasteiger partial charge in [0.05, 0.1) is 12.9 Å². The summed E-state index contributed by atoms with van der Waals surface area (Å²) < 4.78 is 9.40. The second-order valence-electron chi connectivity index (χ2n) is 10.3. The maximum atomic E-state index is 12.1. The van der Waals surface area contributed by atoms with Crippen molar-refractivity contribution in [2.45, 2.75) is 58.8 Å². The minimum atomic E-state index is -1.18. The summed E-state index contributed by atoms with van der Waals surface area (Å²) in [6.45, 7) is 6.80. The van der Waals surface area contributed by atoms with E-state index in [1.165, 1.54) is 22.5 Å². The van der Waals surface area contributed by atoms with Gasteiger partial charge in [0.2, 0.25) is 0 Å². The zero-order valence-electron chi connectivity index (χ0n) is 21.5. The fourth-order valence-corrected chi connectivity index (χ4v) is 5.02. The van der Waals surface area contributed by atoms with Crippen LogP contribution < -0.4 is 11.2 Å². The third-order valence-corrected chi connectivity index (χ3v) is 6.53. The largest absolute Gasteiger partial charge is 0.460 e. The molecule has 3 aromatic rings. The smallest absolute Gasteiger partial charge is 0.339 e.